The van der Waals surface area contributed by atoms with Crippen molar-refractivity contribution < 1.29 is 0 Å². The third-order valence-corrected chi connectivity index (χ3v) is 6.37. The second-order valence-corrected chi connectivity index (χ2v) is 8.69. The number of benzene rings is 2. The van der Waals surface area contributed by atoms with Gasteiger partial charge in [0.2, 0.25) is 0 Å². The molecule has 1 aliphatic heterocycles. The van der Waals surface area contributed by atoms with Gasteiger partial charge in [-0.1, -0.05) is 60.2 Å². The molecule has 0 N–H and O–H groups in total. The van der Waals surface area contributed by atoms with E-state index in [4.69, 9.17) is 0 Å². The van der Waals surface area contributed by atoms with Gasteiger partial charge in [0.05, 0.1) is 5.52 Å². The molecule has 4 heteroatoms. The molecule has 2 aromatic carbocycles. The van der Waals surface area contributed by atoms with E-state index in [0.717, 1.165) is 56.0 Å². The molecule has 1 aliphatic rings. The van der Waals surface area contributed by atoms with Crippen LogP contribution in [0.2, 0.25) is 0 Å². The summed E-state index contributed by atoms with van der Waals surface area (Å²) in [5.41, 5.74) is 6.11. The van der Waals surface area contributed by atoms with E-state index in [1.807, 2.05) is 18.3 Å². The van der Waals surface area contributed by atoms with Crippen LogP contribution in [0.4, 0.5) is 5.82 Å². The molecule has 0 aliphatic carbocycles. The Morgan fingerprint density at radius 1 is 0.812 bits per heavy atom. The number of hydrogen-bond donors (Lipinski definition) is 0. The van der Waals surface area contributed by atoms with Gasteiger partial charge in [0.25, 0.3) is 0 Å². The zero-order chi connectivity index (χ0) is 21.9. The van der Waals surface area contributed by atoms with Gasteiger partial charge in [0, 0.05) is 50.6 Å². The van der Waals surface area contributed by atoms with Crippen molar-refractivity contribution in [2.45, 2.75) is 19.9 Å². The maximum absolute atomic E-state index is 12.1. The maximum Gasteiger partial charge on any atom is 0.180 e. The monoisotopic (exact) mass is 423 g/mol. The van der Waals surface area contributed by atoms with Crippen molar-refractivity contribution in [1.29, 1.82) is 0 Å². The van der Waals surface area contributed by atoms with Crippen LogP contribution in [0.1, 0.15) is 17.5 Å². The molecule has 0 radical (unpaired) electrons. The van der Waals surface area contributed by atoms with Crippen LogP contribution in [0.15, 0.2) is 89.9 Å². The topological polar surface area (TPSA) is 28.0 Å². The highest BCUT2D eigenvalue weighted by molar-refractivity contribution is 5.85. The first-order chi connectivity index (χ1) is 15.7. The average molecular weight is 424 g/mol. The van der Waals surface area contributed by atoms with Crippen molar-refractivity contribution >= 4 is 11.3 Å². The highest BCUT2D eigenvalue weighted by atomic mass is 16.1. The summed E-state index contributed by atoms with van der Waals surface area (Å²) < 4.78 is 2.18. The molecule has 2 aromatic heterocycles. The fourth-order valence-electron chi connectivity index (χ4n) is 4.62. The van der Waals surface area contributed by atoms with Gasteiger partial charge in [-0.05, 0) is 42.7 Å². The summed E-state index contributed by atoms with van der Waals surface area (Å²) in [6.45, 7) is 7.22. The molecule has 0 unspecified atom stereocenters. The lowest BCUT2D eigenvalue weighted by molar-refractivity contribution is 0.285. The summed E-state index contributed by atoms with van der Waals surface area (Å²) in [6, 6.07) is 26.9. The minimum atomic E-state index is 0.0267. The highest BCUT2D eigenvalue weighted by Crippen LogP contribution is 2.32. The molecule has 0 spiro atoms. The van der Waals surface area contributed by atoms with Crippen LogP contribution < -0.4 is 10.3 Å². The molecule has 0 bridgehead atoms. The van der Waals surface area contributed by atoms with Gasteiger partial charge >= 0.3 is 0 Å². The summed E-state index contributed by atoms with van der Waals surface area (Å²) in [6.07, 6.45) is 3.04. The summed E-state index contributed by atoms with van der Waals surface area (Å²) in [4.78, 5) is 17.1. The van der Waals surface area contributed by atoms with Crippen molar-refractivity contribution in [3.63, 3.8) is 0 Å². The van der Waals surface area contributed by atoms with E-state index < -0.39 is 0 Å². The molecule has 3 heterocycles. The lowest BCUT2D eigenvalue weighted by atomic mass is 10.1. The first-order valence-corrected chi connectivity index (χ1v) is 11.4. The Labute approximate surface area is 189 Å². The second-order valence-electron chi connectivity index (χ2n) is 8.69. The predicted octanol–water partition coefficient (Wildman–Crippen LogP) is 4.99. The van der Waals surface area contributed by atoms with Crippen molar-refractivity contribution in [2.75, 3.05) is 31.1 Å². The molecule has 1 saturated heterocycles. The molecule has 5 rings (SSSR count). The fourth-order valence-corrected chi connectivity index (χ4v) is 4.62. The largest absolute Gasteiger partial charge is 0.356 e. The molecule has 162 valence electrons. The van der Waals surface area contributed by atoms with Crippen LogP contribution in [-0.2, 0) is 6.54 Å². The molecule has 0 atom stereocenters. The molecule has 1 fully saturated rings. The van der Waals surface area contributed by atoms with E-state index in [-0.39, 0.29) is 5.43 Å². The molecule has 0 amide bonds. The van der Waals surface area contributed by atoms with Crippen molar-refractivity contribution in [3.8, 4) is 11.1 Å². The molecule has 4 aromatic rings. The SMILES string of the molecule is Cc1ccc(CN2CCCN(c3cc(-c4ccccc4)c4ccc(=O)ccn34)CC2)cc1. The number of fused-ring (bicyclic) bond motifs is 1. The van der Waals surface area contributed by atoms with Gasteiger partial charge in [-0.2, -0.15) is 0 Å². The average Bonchev–Trinajstić information content (AvgIpc) is 2.93. The third-order valence-electron chi connectivity index (χ3n) is 6.37. The Kier molecular flexibility index (Phi) is 5.78. The van der Waals surface area contributed by atoms with Crippen molar-refractivity contribution in [2.24, 2.45) is 0 Å². The summed E-state index contributed by atoms with van der Waals surface area (Å²) in [5.74, 6) is 1.16. The van der Waals surface area contributed by atoms with Gasteiger partial charge in [-0.25, -0.2) is 0 Å². The summed E-state index contributed by atoms with van der Waals surface area (Å²) >= 11 is 0. The molecular weight excluding hydrogens is 394 g/mol. The second kappa shape index (κ2) is 9.01. The zero-order valence-corrected chi connectivity index (χ0v) is 18.6. The first kappa shape index (κ1) is 20.5. The molecular formula is C28H29N3O. The van der Waals surface area contributed by atoms with E-state index >= 15 is 0 Å². The minimum Gasteiger partial charge on any atom is -0.356 e. The number of rotatable bonds is 4. The van der Waals surface area contributed by atoms with Gasteiger partial charge in [0.15, 0.2) is 5.43 Å². The van der Waals surface area contributed by atoms with Gasteiger partial charge in [-0.15, -0.1) is 0 Å². The summed E-state index contributed by atoms with van der Waals surface area (Å²) in [5, 5.41) is 0. The van der Waals surface area contributed by atoms with Gasteiger partial charge in [0.1, 0.15) is 5.82 Å². The van der Waals surface area contributed by atoms with Crippen molar-refractivity contribution in [3.05, 3.63) is 106 Å². The zero-order valence-electron chi connectivity index (χ0n) is 18.6. The number of nitrogens with zero attached hydrogens (tertiary/aromatic N) is 3. The van der Waals surface area contributed by atoms with E-state index in [1.165, 1.54) is 16.7 Å². The van der Waals surface area contributed by atoms with Gasteiger partial charge in [-0.3, -0.25) is 9.69 Å². The van der Waals surface area contributed by atoms with Crippen LogP contribution >= 0.6 is 0 Å². The molecule has 4 nitrogen and oxygen atoms in total. The fraction of sp³-hybridized carbons (Fsp3) is 0.250. The Balaban J connectivity index is 1.45. The standard InChI is InChI=1S/C28H29N3O/c1-22-8-10-23(11-9-22)21-29-15-5-16-30(19-18-29)28-20-26(24-6-3-2-4-7-24)27-13-12-25(32)14-17-31(27)28/h2-4,6-14,17,20H,5,15-16,18-19,21H2,1H3. The number of aryl methyl sites for hydroxylation is 1. The molecule has 32 heavy (non-hydrogen) atoms. The van der Waals surface area contributed by atoms with Crippen molar-refractivity contribution in [1.82, 2.24) is 9.30 Å². The predicted molar refractivity (Wildman–Crippen MR) is 132 cm³/mol. The quantitative estimate of drug-likeness (QED) is 0.463. The number of hydrogen-bond acceptors (Lipinski definition) is 3. The van der Waals surface area contributed by atoms with Crippen LogP contribution in [0.5, 0.6) is 0 Å². The van der Waals surface area contributed by atoms with Crippen LogP contribution in [0.3, 0.4) is 0 Å². The maximum atomic E-state index is 12.1. The Morgan fingerprint density at radius 2 is 1.62 bits per heavy atom. The Morgan fingerprint density at radius 3 is 2.44 bits per heavy atom. The van der Waals surface area contributed by atoms with E-state index in [1.54, 1.807) is 12.1 Å². The third kappa shape index (κ3) is 4.32. The van der Waals surface area contributed by atoms with E-state index in [0.29, 0.717) is 0 Å². The number of anilines is 1. The number of aromatic nitrogens is 1. The lowest BCUT2D eigenvalue weighted by Crippen LogP contribution is -2.31. The Bertz CT molecular complexity index is 1260. The molecule has 0 saturated carbocycles. The normalized spacial score (nSPS) is 15.1. The Hall–Kier alpha value is -3.37. The van der Waals surface area contributed by atoms with Crippen LogP contribution in [0.25, 0.3) is 16.6 Å². The van der Waals surface area contributed by atoms with Crippen LogP contribution in [-0.4, -0.2) is 35.5 Å². The van der Waals surface area contributed by atoms with E-state index in [2.05, 4.69) is 75.7 Å². The van der Waals surface area contributed by atoms with Crippen LogP contribution in [0, 0.1) is 6.92 Å². The van der Waals surface area contributed by atoms with Gasteiger partial charge < -0.3 is 9.30 Å². The lowest BCUT2D eigenvalue weighted by Gasteiger charge is -2.23. The summed E-state index contributed by atoms with van der Waals surface area (Å²) in [7, 11) is 0. The highest BCUT2D eigenvalue weighted by Gasteiger charge is 2.19. The first-order valence-electron chi connectivity index (χ1n) is 11.4. The smallest absolute Gasteiger partial charge is 0.180 e. The van der Waals surface area contributed by atoms with E-state index in [9.17, 15) is 4.79 Å². The minimum absolute atomic E-state index is 0.0267.